The normalized spacial score (nSPS) is 30.2. The third-order valence-electron chi connectivity index (χ3n) is 2.34. The van der Waals surface area contributed by atoms with Crippen LogP contribution in [0.25, 0.3) is 0 Å². The lowest BCUT2D eigenvalue weighted by Crippen LogP contribution is -2.55. The highest BCUT2D eigenvalue weighted by Gasteiger charge is 2.40. The molecule has 0 amide bonds. The number of hydrogen-bond acceptors (Lipinski definition) is 2. The molecular formula is C8H15F2NO. The Bertz CT molecular complexity index is 144. The molecule has 0 aromatic heterocycles. The van der Waals surface area contributed by atoms with Gasteiger partial charge in [0.05, 0.1) is 6.10 Å². The molecule has 1 saturated heterocycles. The van der Waals surface area contributed by atoms with Crippen LogP contribution in [-0.2, 0) is 4.74 Å². The van der Waals surface area contributed by atoms with Gasteiger partial charge in [0.2, 0.25) is 0 Å². The number of hydrogen-bond donors (Lipinski definition) is 1. The Morgan fingerprint density at radius 3 is 2.58 bits per heavy atom. The number of alkyl halides is 2. The van der Waals surface area contributed by atoms with Crippen LogP contribution in [0.2, 0.25) is 0 Å². The van der Waals surface area contributed by atoms with Crippen LogP contribution in [0.3, 0.4) is 0 Å². The van der Waals surface area contributed by atoms with E-state index in [1.54, 1.807) is 0 Å². The minimum Gasteiger partial charge on any atom is -0.376 e. The van der Waals surface area contributed by atoms with Crippen molar-refractivity contribution in [2.45, 2.75) is 44.3 Å². The fourth-order valence-electron chi connectivity index (χ4n) is 1.37. The number of halogens is 2. The molecule has 0 spiro atoms. The van der Waals surface area contributed by atoms with Crippen LogP contribution in [0.15, 0.2) is 0 Å². The molecule has 0 radical (unpaired) electrons. The molecule has 0 bridgehead atoms. The molecule has 1 aliphatic rings. The fraction of sp³-hybridized carbons (Fsp3) is 1.00. The molecule has 0 aliphatic carbocycles. The maximum absolute atomic E-state index is 12.4. The highest BCUT2D eigenvalue weighted by molar-refractivity contribution is 4.91. The molecule has 0 saturated carbocycles. The van der Waals surface area contributed by atoms with Gasteiger partial charge in [-0.2, -0.15) is 0 Å². The van der Waals surface area contributed by atoms with Crippen LogP contribution in [0.4, 0.5) is 8.78 Å². The van der Waals surface area contributed by atoms with Crippen molar-refractivity contribution in [3.05, 3.63) is 0 Å². The predicted molar refractivity (Wildman–Crippen MR) is 42.2 cm³/mol. The highest BCUT2D eigenvalue weighted by Crippen LogP contribution is 2.26. The molecule has 1 rings (SSSR count). The molecule has 0 aromatic rings. The molecule has 12 heavy (non-hydrogen) atoms. The smallest absolute Gasteiger partial charge is 0.258 e. The van der Waals surface area contributed by atoms with Crippen LogP contribution in [-0.4, -0.2) is 24.7 Å². The summed E-state index contributed by atoms with van der Waals surface area (Å²) < 4.78 is 30.0. The minimum atomic E-state index is -2.51. The third kappa shape index (κ3) is 1.93. The van der Waals surface area contributed by atoms with E-state index in [0.717, 1.165) is 12.8 Å². The van der Waals surface area contributed by atoms with E-state index in [-0.39, 0.29) is 0 Å². The second kappa shape index (κ2) is 3.66. The molecule has 1 aliphatic heterocycles. The molecule has 2 unspecified atom stereocenters. The second-order valence-corrected chi connectivity index (χ2v) is 3.52. The van der Waals surface area contributed by atoms with Crippen molar-refractivity contribution in [1.82, 2.24) is 0 Å². The largest absolute Gasteiger partial charge is 0.376 e. The first kappa shape index (κ1) is 9.86. The molecule has 2 N–H and O–H groups in total. The summed E-state index contributed by atoms with van der Waals surface area (Å²) in [4.78, 5) is 0. The Labute approximate surface area is 71.1 Å². The summed E-state index contributed by atoms with van der Waals surface area (Å²) >= 11 is 0. The standard InChI is InChI=1S/C8H15F2NO/c1-8(11,7(9)10)6-4-2-3-5-12-6/h6-7H,2-5,11H2,1H3. The monoisotopic (exact) mass is 179 g/mol. The van der Waals surface area contributed by atoms with Crippen molar-refractivity contribution >= 4 is 0 Å². The predicted octanol–water partition coefficient (Wildman–Crippen LogP) is 1.54. The third-order valence-corrected chi connectivity index (χ3v) is 2.34. The van der Waals surface area contributed by atoms with E-state index in [4.69, 9.17) is 10.5 Å². The first-order valence-corrected chi connectivity index (χ1v) is 4.24. The maximum atomic E-state index is 12.4. The Morgan fingerprint density at radius 1 is 1.50 bits per heavy atom. The fourth-order valence-corrected chi connectivity index (χ4v) is 1.37. The van der Waals surface area contributed by atoms with E-state index >= 15 is 0 Å². The van der Waals surface area contributed by atoms with Crippen LogP contribution >= 0.6 is 0 Å². The summed E-state index contributed by atoms with van der Waals surface area (Å²) in [5, 5.41) is 0. The average molecular weight is 179 g/mol. The van der Waals surface area contributed by atoms with E-state index in [0.29, 0.717) is 13.0 Å². The van der Waals surface area contributed by atoms with Gasteiger partial charge in [-0.05, 0) is 26.2 Å². The molecule has 4 heteroatoms. The highest BCUT2D eigenvalue weighted by atomic mass is 19.3. The molecule has 2 nitrogen and oxygen atoms in total. The minimum absolute atomic E-state index is 0.480. The van der Waals surface area contributed by atoms with Gasteiger partial charge in [0.15, 0.2) is 0 Å². The molecule has 1 heterocycles. The van der Waals surface area contributed by atoms with Gasteiger partial charge in [-0.15, -0.1) is 0 Å². The van der Waals surface area contributed by atoms with E-state index in [1.807, 2.05) is 0 Å². The second-order valence-electron chi connectivity index (χ2n) is 3.52. The molecule has 72 valence electrons. The van der Waals surface area contributed by atoms with Crippen LogP contribution in [0.1, 0.15) is 26.2 Å². The van der Waals surface area contributed by atoms with Gasteiger partial charge in [-0.1, -0.05) is 0 Å². The van der Waals surface area contributed by atoms with Crippen LogP contribution in [0.5, 0.6) is 0 Å². The Kier molecular flexibility index (Phi) is 3.01. The molecule has 1 fully saturated rings. The summed E-state index contributed by atoms with van der Waals surface area (Å²) in [6, 6.07) is 0. The zero-order valence-electron chi connectivity index (χ0n) is 7.22. The molecule has 0 aromatic carbocycles. The Hall–Kier alpha value is -0.220. The average Bonchev–Trinajstić information content (AvgIpc) is 2.06. The zero-order chi connectivity index (χ0) is 9.19. The van der Waals surface area contributed by atoms with Gasteiger partial charge in [0.25, 0.3) is 6.43 Å². The van der Waals surface area contributed by atoms with Crippen molar-refractivity contribution < 1.29 is 13.5 Å². The first-order chi connectivity index (χ1) is 5.55. The maximum Gasteiger partial charge on any atom is 0.258 e. The topological polar surface area (TPSA) is 35.2 Å². The summed E-state index contributed by atoms with van der Waals surface area (Å²) in [7, 11) is 0. The van der Waals surface area contributed by atoms with Crippen LogP contribution < -0.4 is 5.73 Å². The zero-order valence-corrected chi connectivity index (χ0v) is 7.22. The van der Waals surface area contributed by atoms with Gasteiger partial charge in [-0.3, -0.25) is 0 Å². The number of rotatable bonds is 2. The van der Waals surface area contributed by atoms with Crippen LogP contribution in [0, 0.1) is 0 Å². The van der Waals surface area contributed by atoms with Crippen molar-refractivity contribution in [3.63, 3.8) is 0 Å². The van der Waals surface area contributed by atoms with Gasteiger partial charge >= 0.3 is 0 Å². The van der Waals surface area contributed by atoms with Crippen molar-refractivity contribution in [2.24, 2.45) is 5.73 Å². The summed E-state index contributed by atoms with van der Waals surface area (Å²) in [6.07, 6.45) is -0.455. The quantitative estimate of drug-likeness (QED) is 0.697. The van der Waals surface area contributed by atoms with E-state index < -0.39 is 18.1 Å². The van der Waals surface area contributed by atoms with E-state index in [9.17, 15) is 8.78 Å². The Morgan fingerprint density at radius 2 is 2.17 bits per heavy atom. The molecular weight excluding hydrogens is 164 g/mol. The summed E-state index contributed by atoms with van der Waals surface area (Å²) in [5.41, 5.74) is 3.97. The SMILES string of the molecule is CC(N)(C(F)F)C1CCCCO1. The van der Waals surface area contributed by atoms with Crippen molar-refractivity contribution in [1.29, 1.82) is 0 Å². The van der Waals surface area contributed by atoms with Gasteiger partial charge in [-0.25, -0.2) is 8.78 Å². The molecule has 2 atom stereocenters. The van der Waals surface area contributed by atoms with Crippen molar-refractivity contribution in [3.8, 4) is 0 Å². The summed E-state index contributed by atoms with van der Waals surface area (Å²) in [6.45, 7) is 1.91. The van der Waals surface area contributed by atoms with Gasteiger partial charge < -0.3 is 10.5 Å². The van der Waals surface area contributed by atoms with Gasteiger partial charge in [0, 0.05) is 6.61 Å². The number of nitrogens with two attached hydrogens (primary N) is 1. The summed E-state index contributed by atoms with van der Waals surface area (Å²) in [5.74, 6) is 0. The number of ether oxygens (including phenoxy) is 1. The first-order valence-electron chi connectivity index (χ1n) is 4.24. The lowest BCUT2D eigenvalue weighted by molar-refractivity contribution is -0.0799. The van der Waals surface area contributed by atoms with E-state index in [2.05, 4.69) is 0 Å². The lowest BCUT2D eigenvalue weighted by atomic mass is 9.91. The van der Waals surface area contributed by atoms with Gasteiger partial charge in [0.1, 0.15) is 5.54 Å². The van der Waals surface area contributed by atoms with Crippen molar-refractivity contribution in [2.75, 3.05) is 6.61 Å². The Balaban J connectivity index is 2.53. The lowest BCUT2D eigenvalue weighted by Gasteiger charge is -2.35. The van der Waals surface area contributed by atoms with E-state index in [1.165, 1.54) is 6.92 Å².